The molecule has 20 aromatic rings. The van der Waals surface area contributed by atoms with Gasteiger partial charge in [0, 0.05) is 65.9 Å². The van der Waals surface area contributed by atoms with E-state index in [4.69, 9.17) is 28.8 Å². The summed E-state index contributed by atoms with van der Waals surface area (Å²) in [7, 11) is 0. The number of hydrogen-bond donors (Lipinski definition) is 0. The van der Waals surface area contributed by atoms with Crippen molar-refractivity contribution in [1.29, 1.82) is 0 Å². The summed E-state index contributed by atoms with van der Waals surface area (Å²) in [5.41, 5.74) is 25.5. The average molecular weight is 1340 g/mol. The monoisotopic (exact) mass is 1340 g/mol. The Morgan fingerprint density at radius 1 is 0.248 bits per heavy atom. The molecular weight excluding hydrogens is 1280 g/mol. The highest BCUT2D eigenvalue weighted by Crippen LogP contribution is 2.59. The van der Waals surface area contributed by atoms with Crippen LogP contribution in [-0.2, 0) is 5.41 Å². The van der Waals surface area contributed by atoms with E-state index in [-0.39, 0.29) is 0 Å². The first-order chi connectivity index (χ1) is 52.0. The Morgan fingerprint density at radius 3 is 1.34 bits per heavy atom. The van der Waals surface area contributed by atoms with Crippen LogP contribution in [0.4, 0.5) is 0 Å². The van der Waals surface area contributed by atoms with Crippen LogP contribution < -0.4 is 0 Å². The Balaban J connectivity index is 0.722. The van der Waals surface area contributed by atoms with Crippen LogP contribution in [-0.4, -0.2) is 29.1 Å². The van der Waals surface area contributed by atoms with Gasteiger partial charge in [-0.05, 0) is 171 Å². The fourth-order valence-corrected chi connectivity index (χ4v) is 16.6. The van der Waals surface area contributed by atoms with Gasteiger partial charge < -0.3 is 18.0 Å². The van der Waals surface area contributed by atoms with Crippen LogP contribution >= 0.6 is 0 Å². The number of para-hydroxylation sites is 5. The maximum absolute atomic E-state index is 6.70. The molecule has 8 heteroatoms. The van der Waals surface area contributed by atoms with Crippen LogP contribution in [0.3, 0.4) is 0 Å². The van der Waals surface area contributed by atoms with Gasteiger partial charge in [-0.2, -0.15) is 0 Å². The van der Waals surface area contributed by atoms with E-state index in [0.717, 1.165) is 155 Å². The second-order valence-corrected chi connectivity index (χ2v) is 27.2. The summed E-state index contributed by atoms with van der Waals surface area (Å²) in [5, 5.41) is 6.49. The molecule has 8 nitrogen and oxygen atoms in total. The predicted molar refractivity (Wildman–Crippen MR) is 427 cm³/mol. The highest BCUT2D eigenvalue weighted by atomic mass is 16.3. The van der Waals surface area contributed by atoms with Crippen molar-refractivity contribution >= 4 is 65.6 Å². The summed E-state index contributed by atoms with van der Waals surface area (Å²) in [6.45, 7) is 0. The first kappa shape index (κ1) is 59.8. The summed E-state index contributed by atoms with van der Waals surface area (Å²) in [5.74, 6) is 2.55. The number of hydrogen-bond acceptors (Lipinski definition) is 6. The molecule has 0 radical (unpaired) electrons. The van der Waals surface area contributed by atoms with Gasteiger partial charge in [0.1, 0.15) is 22.6 Å². The normalized spacial score (nSPS) is 13.4. The molecule has 0 spiro atoms. The van der Waals surface area contributed by atoms with Gasteiger partial charge in [0.2, 0.25) is 0 Å². The smallest absolute Gasteiger partial charge is 0.160 e. The Bertz CT molecular complexity index is 6780. The second-order valence-electron chi connectivity index (χ2n) is 27.2. The van der Waals surface area contributed by atoms with Gasteiger partial charge in [0.05, 0.1) is 38.9 Å². The van der Waals surface area contributed by atoms with Crippen LogP contribution in [0, 0.1) is 0 Å². The SMILES string of the molecule is c1ccc(-c2ccccc2-c2cc(-c3cc4ccccc4o3)nc(-c3ccc4c(c3)c3ccc(-c5cccc(C6(c7ccccc7)c7ccccc7-c7c(-c8cc(-c9cc%10ccccc%10o9)nc(-c9ccc%10c(c9)c9ccccc9n%10-c9ccccc9)n8)cccc76)c5)cc3n4-c3ccccc3)n2)cc1. The fourth-order valence-electron chi connectivity index (χ4n) is 16.6. The van der Waals surface area contributed by atoms with Crippen LogP contribution in [0.2, 0.25) is 0 Å². The van der Waals surface area contributed by atoms with Crippen molar-refractivity contribution < 1.29 is 8.83 Å². The third-order valence-corrected chi connectivity index (χ3v) is 21.3. The van der Waals surface area contributed by atoms with E-state index in [0.29, 0.717) is 34.6 Å². The van der Waals surface area contributed by atoms with Gasteiger partial charge >= 0.3 is 0 Å². The molecule has 1 unspecified atom stereocenters. The van der Waals surface area contributed by atoms with Crippen LogP contribution in [0.1, 0.15) is 22.3 Å². The predicted octanol–water partition coefficient (Wildman–Crippen LogP) is 24.7. The van der Waals surface area contributed by atoms with Gasteiger partial charge in [0.15, 0.2) is 23.2 Å². The number of rotatable bonds is 12. The maximum Gasteiger partial charge on any atom is 0.160 e. The highest BCUT2D eigenvalue weighted by molar-refractivity contribution is 6.12. The molecule has 490 valence electrons. The van der Waals surface area contributed by atoms with Crippen molar-refractivity contribution in [2.24, 2.45) is 0 Å². The summed E-state index contributed by atoms with van der Waals surface area (Å²) < 4.78 is 18.0. The second kappa shape index (κ2) is 24.1. The molecule has 0 saturated carbocycles. The van der Waals surface area contributed by atoms with Gasteiger partial charge in [-0.15, -0.1) is 0 Å². The van der Waals surface area contributed by atoms with Crippen molar-refractivity contribution in [3.05, 3.63) is 386 Å². The van der Waals surface area contributed by atoms with Gasteiger partial charge in [0.25, 0.3) is 0 Å². The van der Waals surface area contributed by atoms with E-state index in [1.54, 1.807) is 0 Å². The molecule has 1 atom stereocenters. The molecule has 0 amide bonds. The minimum Gasteiger partial charge on any atom is -0.454 e. The third kappa shape index (κ3) is 9.68. The molecule has 21 rings (SSSR count). The summed E-state index contributed by atoms with van der Waals surface area (Å²) in [6.07, 6.45) is 0. The quantitative estimate of drug-likeness (QED) is 0.121. The zero-order valence-electron chi connectivity index (χ0n) is 56.6. The summed E-state index contributed by atoms with van der Waals surface area (Å²) in [4.78, 5) is 21.9. The van der Waals surface area contributed by atoms with E-state index in [1.165, 1.54) is 11.1 Å². The molecule has 6 aromatic heterocycles. The number of fused-ring (bicyclic) bond motifs is 11. The Labute approximate surface area is 604 Å². The number of aromatic nitrogens is 6. The Kier molecular flexibility index (Phi) is 13.7. The molecule has 0 saturated heterocycles. The molecule has 0 N–H and O–H groups in total. The van der Waals surface area contributed by atoms with Crippen LogP contribution in [0.5, 0.6) is 0 Å². The Morgan fingerprint density at radius 2 is 0.695 bits per heavy atom. The fraction of sp³-hybridized carbons (Fsp3) is 0.0103. The van der Waals surface area contributed by atoms with E-state index < -0.39 is 5.41 Å². The molecule has 6 heterocycles. The van der Waals surface area contributed by atoms with Gasteiger partial charge in [-0.25, -0.2) is 19.9 Å². The van der Waals surface area contributed by atoms with E-state index in [9.17, 15) is 0 Å². The molecule has 14 aromatic carbocycles. The van der Waals surface area contributed by atoms with Gasteiger partial charge in [-0.3, -0.25) is 0 Å². The van der Waals surface area contributed by atoms with Crippen molar-refractivity contribution in [2.45, 2.75) is 5.41 Å². The molecule has 0 fully saturated rings. The van der Waals surface area contributed by atoms with E-state index in [1.807, 2.05) is 36.4 Å². The number of furan rings is 2. The van der Waals surface area contributed by atoms with Crippen LogP contribution in [0.15, 0.2) is 373 Å². The number of nitrogens with zero attached hydrogens (tertiary/aromatic N) is 6. The van der Waals surface area contributed by atoms with Gasteiger partial charge in [-0.1, -0.05) is 249 Å². The molecule has 0 aliphatic heterocycles. The molecule has 105 heavy (non-hydrogen) atoms. The molecule has 0 bridgehead atoms. The molecule has 1 aliphatic rings. The standard InChI is InChI=1S/C97H60N6O2/c1-5-25-61(26-6-1)72-37-15-16-38-73(72)82-59-84(92-57-64-27-13-21-45-90(64)104-92)100-95(98-82)67-49-52-88-79(55-67)75-50-47-63(56-89(75)103(88)71-35-11-4-12-36-71)62-29-23-32-69(53-62)97(68-30-7-2-8-31-68)80-42-19-17-40-76(80)94-77(41-24-43-81(94)97)83-60-85(93-58-65-28-14-22-46-91(65)105-93)101-96(99-83)66-48-51-87-78(54-66)74-39-18-20-44-86(74)102(87)70-33-9-3-10-34-70/h1-60H. The summed E-state index contributed by atoms with van der Waals surface area (Å²) >= 11 is 0. The third-order valence-electron chi connectivity index (χ3n) is 21.3. The first-order valence-electron chi connectivity index (χ1n) is 35.6. The first-order valence-corrected chi connectivity index (χ1v) is 35.6. The highest BCUT2D eigenvalue weighted by Gasteiger charge is 2.47. The summed E-state index contributed by atoms with van der Waals surface area (Å²) in [6, 6.07) is 130. The maximum atomic E-state index is 6.70. The lowest BCUT2D eigenvalue weighted by atomic mass is 9.67. The van der Waals surface area contributed by atoms with Crippen molar-refractivity contribution in [3.8, 4) is 113 Å². The van der Waals surface area contributed by atoms with Crippen molar-refractivity contribution in [3.63, 3.8) is 0 Å². The number of benzene rings is 14. The largest absolute Gasteiger partial charge is 0.454 e. The molecule has 1 aliphatic carbocycles. The van der Waals surface area contributed by atoms with Crippen LogP contribution in [0.25, 0.3) is 179 Å². The average Bonchev–Trinajstić information content (AvgIpc) is 1.54. The lowest BCUT2D eigenvalue weighted by Crippen LogP contribution is -2.28. The van der Waals surface area contributed by atoms with E-state index >= 15 is 0 Å². The lowest BCUT2D eigenvalue weighted by Gasteiger charge is -2.34. The Hall–Kier alpha value is -14.1. The van der Waals surface area contributed by atoms with Crippen molar-refractivity contribution in [2.75, 3.05) is 0 Å². The van der Waals surface area contributed by atoms with Crippen molar-refractivity contribution in [1.82, 2.24) is 29.1 Å². The minimum atomic E-state index is -0.763. The zero-order valence-corrected chi connectivity index (χ0v) is 56.6. The van der Waals surface area contributed by atoms with E-state index in [2.05, 4.69) is 337 Å². The lowest BCUT2D eigenvalue weighted by molar-refractivity contribution is 0.628. The molecular formula is C97H60N6O2. The topological polar surface area (TPSA) is 87.7 Å². The minimum absolute atomic E-state index is 0.600. The zero-order chi connectivity index (χ0) is 69.1.